The monoisotopic (exact) mass is 411 g/mol. The van der Waals surface area contributed by atoms with E-state index in [1.54, 1.807) is 48.5 Å². The summed E-state index contributed by atoms with van der Waals surface area (Å²) in [6, 6.07) is 13.5. The highest BCUT2D eigenvalue weighted by Gasteiger charge is 2.10. The average molecular weight is 411 g/mol. The first-order valence-corrected chi connectivity index (χ1v) is 10.1. The molecule has 150 valence electrons. The number of thioether (sulfide) groups is 1. The molecule has 0 atom stereocenters. The maximum Gasteiger partial charge on any atom is 0.338 e. The lowest BCUT2D eigenvalue weighted by Gasteiger charge is -2.08. The summed E-state index contributed by atoms with van der Waals surface area (Å²) in [5.74, 6) is -0.291. The van der Waals surface area contributed by atoms with Crippen molar-refractivity contribution in [2.45, 2.75) is 19.0 Å². The Balaban J connectivity index is 1.56. The van der Waals surface area contributed by atoms with E-state index >= 15 is 0 Å². The minimum atomic E-state index is -0.390. The van der Waals surface area contributed by atoms with E-state index in [1.165, 1.54) is 0 Å². The molecule has 2 aromatic carbocycles. The third kappa shape index (κ3) is 5.68. The van der Waals surface area contributed by atoms with Gasteiger partial charge in [0.2, 0.25) is 5.91 Å². The number of fused-ring (bicyclic) bond motifs is 1. The second-order valence-corrected chi connectivity index (χ2v) is 7.76. The van der Waals surface area contributed by atoms with Crippen molar-refractivity contribution in [3.8, 4) is 0 Å². The van der Waals surface area contributed by atoms with Gasteiger partial charge in [-0.25, -0.2) is 9.78 Å². The number of aromatic amines is 1. The van der Waals surface area contributed by atoms with Gasteiger partial charge in [0.25, 0.3) is 5.56 Å². The van der Waals surface area contributed by atoms with Crippen LogP contribution in [0.3, 0.4) is 0 Å². The van der Waals surface area contributed by atoms with Gasteiger partial charge in [0, 0.05) is 5.69 Å². The van der Waals surface area contributed by atoms with E-state index in [1.807, 2.05) is 13.8 Å². The molecule has 0 fully saturated rings. The number of nitrogens with zero attached hydrogens (tertiary/aromatic N) is 1. The van der Waals surface area contributed by atoms with Crippen molar-refractivity contribution in [1.82, 2.24) is 9.97 Å². The average Bonchev–Trinajstić information content (AvgIpc) is 2.71. The van der Waals surface area contributed by atoms with E-state index in [2.05, 4.69) is 15.3 Å². The van der Waals surface area contributed by atoms with Crippen LogP contribution in [0.5, 0.6) is 0 Å². The molecular formula is C21H21N3O4S. The maximum atomic E-state index is 12.2. The van der Waals surface area contributed by atoms with Crippen molar-refractivity contribution in [3.05, 3.63) is 64.4 Å². The van der Waals surface area contributed by atoms with E-state index in [4.69, 9.17) is 4.74 Å². The van der Waals surface area contributed by atoms with Gasteiger partial charge in [0.15, 0.2) is 5.16 Å². The Hall–Kier alpha value is -3.13. The van der Waals surface area contributed by atoms with E-state index in [-0.39, 0.29) is 23.1 Å². The molecular weight excluding hydrogens is 390 g/mol. The van der Waals surface area contributed by atoms with E-state index in [0.717, 1.165) is 11.8 Å². The predicted molar refractivity (Wildman–Crippen MR) is 113 cm³/mol. The Labute approximate surface area is 171 Å². The van der Waals surface area contributed by atoms with Crippen LogP contribution in [0.4, 0.5) is 5.69 Å². The Morgan fingerprint density at radius 1 is 1.14 bits per heavy atom. The first-order chi connectivity index (χ1) is 13.9. The van der Waals surface area contributed by atoms with Gasteiger partial charge in [0.1, 0.15) is 0 Å². The quantitative estimate of drug-likeness (QED) is 0.351. The fourth-order valence-electron chi connectivity index (χ4n) is 2.48. The number of aromatic nitrogens is 2. The number of rotatable bonds is 7. The van der Waals surface area contributed by atoms with Gasteiger partial charge in [-0.15, -0.1) is 0 Å². The SMILES string of the molecule is CC(C)COC(=O)c1ccc(NC(=O)CSc2nc3ccccc3c(=O)[nH]2)cc1. The first-order valence-electron chi connectivity index (χ1n) is 9.11. The number of H-pyrrole nitrogens is 1. The van der Waals surface area contributed by atoms with Gasteiger partial charge >= 0.3 is 5.97 Å². The van der Waals surface area contributed by atoms with Gasteiger partial charge in [-0.3, -0.25) is 9.59 Å². The number of amides is 1. The fraction of sp³-hybridized carbons (Fsp3) is 0.238. The Morgan fingerprint density at radius 3 is 2.59 bits per heavy atom. The van der Waals surface area contributed by atoms with Crippen LogP contribution in [0.25, 0.3) is 10.9 Å². The van der Waals surface area contributed by atoms with Crippen molar-refractivity contribution < 1.29 is 14.3 Å². The number of hydrogen-bond acceptors (Lipinski definition) is 6. The van der Waals surface area contributed by atoms with Gasteiger partial charge in [-0.1, -0.05) is 37.7 Å². The van der Waals surface area contributed by atoms with Crippen LogP contribution in [0.15, 0.2) is 58.5 Å². The summed E-state index contributed by atoms with van der Waals surface area (Å²) in [4.78, 5) is 43.2. The fourth-order valence-corrected chi connectivity index (χ4v) is 3.15. The molecule has 1 heterocycles. The molecule has 7 nitrogen and oxygen atoms in total. The molecule has 0 aliphatic carbocycles. The number of ether oxygens (including phenoxy) is 1. The molecule has 3 rings (SSSR count). The highest BCUT2D eigenvalue weighted by Crippen LogP contribution is 2.16. The number of carbonyl (C=O) groups is 2. The van der Waals surface area contributed by atoms with Crippen molar-refractivity contribution in [3.63, 3.8) is 0 Å². The van der Waals surface area contributed by atoms with Crippen molar-refractivity contribution in [2.24, 2.45) is 5.92 Å². The largest absolute Gasteiger partial charge is 0.462 e. The zero-order chi connectivity index (χ0) is 20.8. The lowest BCUT2D eigenvalue weighted by atomic mass is 10.2. The minimum Gasteiger partial charge on any atom is -0.462 e. The number of carbonyl (C=O) groups excluding carboxylic acids is 2. The Morgan fingerprint density at radius 2 is 1.86 bits per heavy atom. The van der Waals surface area contributed by atoms with Crippen LogP contribution in [0, 0.1) is 5.92 Å². The van der Waals surface area contributed by atoms with Crippen LogP contribution < -0.4 is 10.9 Å². The second kappa shape index (κ2) is 9.38. The summed E-state index contributed by atoms with van der Waals surface area (Å²) in [5.41, 5.74) is 1.34. The van der Waals surface area contributed by atoms with Gasteiger partial charge in [-0.2, -0.15) is 0 Å². The summed E-state index contributed by atoms with van der Waals surface area (Å²) in [6.07, 6.45) is 0. The Bertz CT molecular complexity index is 1080. The number of esters is 1. The van der Waals surface area contributed by atoms with E-state index in [0.29, 0.717) is 33.9 Å². The molecule has 0 unspecified atom stereocenters. The molecule has 0 saturated carbocycles. The van der Waals surface area contributed by atoms with Crippen LogP contribution in [-0.4, -0.2) is 34.2 Å². The summed E-state index contributed by atoms with van der Waals surface area (Å²) in [7, 11) is 0. The van der Waals surface area contributed by atoms with Crippen LogP contribution >= 0.6 is 11.8 Å². The summed E-state index contributed by atoms with van der Waals surface area (Å²) in [5, 5.41) is 3.64. The number of anilines is 1. The highest BCUT2D eigenvalue weighted by molar-refractivity contribution is 7.99. The molecule has 0 radical (unpaired) electrons. The summed E-state index contributed by atoms with van der Waals surface area (Å²) < 4.78 is 5.17. The molecule has 0 bridgehead atoms. The summed E-state index contributed by atoms with van der Waals surface area (Å²) >= 11 is 1.14. The highest BCUT2D eigenvalue weighted by atomic mass is 32.2. The van der Waals surface area contributed by atoms with Crippen molar-refractivity contribution in [2.75, 3.05) is 17.7 Å². The first kappa shape index (κ1) is 20.6. The topological polar surface area (TPSA) is 101 Å². The lowest BCUT2D eigenvalue weighted by Crippen LogP contribution is -2.16. The van der Waals surface area contributed by atoms with Crippen molar-refractivity contribution in [1.29, 1.82) is 0 Å². The normalized spacial score (nSPS) is 10.9. The number of benzene rings is 2. The standard InChI is InChI=1S/C21H21N3O4S/c1-13(2)11-28-20(27)14-7-9-15(10-8-14)22-18(25)12-29-21-23-17-6-4-3-5-16(17)19(26)24-21/h3-10,13H,11-12H2,1-2H3,(H,22,25)(H,23,24,26). The molecule has 0 saturated heterocycles. The van der Waals surface area contributed by atoms with Gasteiger partial charge in [0.05, 0.1) is 28.8 Å². The van der Waals surface area contributed by atoms with E-state index < -0.39 is 5.97 Å². The predicted octanol–water partition coefficient (Wildman–Crippen LogP) is 3.47. The molecule has 2 N–H and O–H groups in total. The number of nitrogens with one attached hydrogen (secondary N) is 2. The lowest BCUT2D eigenvalue weighted by molar-refractivity contribution is -0.113. The molecule has 3 aromatic rings. The molecule has 0 spiro atoms. The molecule has 0 aliphatic rings. The van der Waals surface area contributed by atoms with Gasteiger partial charge < -0.3 is 15.0 Å². The zero-order valence-electron chi connectivity index (χ0n) is 16.1. The van der Waals surface area contributed by atoms with Crippen LogP contribution in [0.2, 0.25) is 0 Å². The smallest absolute Gasteiger partial charge is 0.338 e. The molecule has 0 aliphatic heterocycles. The third-order valence-corrected chi connectivity index (χ3v) is 4.76. The van der Waals surface area contributed by atoms with E-state index in [9.17, 15) is 14.4 Å². The number of para-hydroxylation sites is 1. The van der Waals surface area contributed by atoms with Crippen LogP contribution in [-0.2, 0) is 9.53 Å². The second-order valence-electron chi connectivity index (χ2n) is 6.79. The Kier molecular flexibility index (Phi) is 6.66. The third-order valence-electron chi connectivity index (χ3n) is 3.88. The molecule has 1 aromatic heterocycles. The van der Waals surface area contributed by atoms with Crippen LogP contribution in [0.1, 0.15) is 24.2 Å². The van der Waals surface area contributed by atoms with Crippen molar-refractivity contribution >= 4 is 40.2 Å². The zero-order valence-corrected chi connectivity index (χ0v) is 16.9. The maximum absolute atomic E-state index is 12.2. The number of hydrogen-bond donors (Lipinski definition) is 2. The molecule has 29 heavy (non-hydrogen) atoms. The molecule has 8 heteroatoms. The molecule has 1 amide bonds. The minimum absolute atomic E-state index is 0.0828. The van der Waals surface area contributed by atoms with Gasteiger partial charge in [-0.05, 0) is 42.3 Å². The summed E-state index contributed by atoms with van der Waals surface area (Å²) in [6.45, 7) is 4.29.